The van der Waals surface area contributed by atoms with E-state index in [1.165, 1.54) is 13.0 Å². The first-order chi connectivity index (χ1) is 6.49. The highest BCUT2D eigenvalue weighted by atomic mass is 16.5. The van der Waals surface area contributed by atoms with Crippen LogP contribution in [0.4, 0.5) is 0 Å². The molecule has 0 N–H and O–H groups in total. The van der Waals surface area contributed by atoms with Crippen molar-refractivity contribution < 1.29 is 24.5 Å². The molecule has 5 nitrogen and oxygen atoms in total. The molecule has 14 heavy (non-hydrogen) atoms. The van der Waals surface area contributed by atoms with Crippen LogP contribution in [-0.4, -0.2) is 24.6 Å². The maximum Gasteiger partial charge on any atom is 0.0819 e. The summed E-state index contributed by atoms with van der Waals surface area (Å²) in [6.07, 6.45) is 0.988. The number of carbonyl (C=O) groups excluding carboxylic acids is 2. The van der Waals surface area contributed by atoms with E-state index in [9.17, 15) is 19.8 Å². The van der Waals surface area contributed by atoms with Gasteiger partial charge in [0, 0.05) is 5.57 Å². The Bertz CT molecular complexity index is 266. The molecule has 0 fully saturated rings. The van der Waals surface area contributed by atoms with E-state index < -0.39 is 23.6 Å². The topological polar surface area (TPSA) is 89.5 Å². The van der Waals surface area contributed by atoms with Crippen LogP contribution >= 0.6 is 0 Å². The minimum Gasteiger partial charge on any atom is -0.545 e. The molecule has 0 spiro atoms. The third-order valence-corrected chi connectivity index (χ3v) is 1.41. The number of carboxylic acid groups (broad SMARTS) is 2. The molecule has 0 aromatic rings. The molecule has 0 radical (unpaired) electrons. The summed E-state index contributed by atoms with van der Waals surface area (Å²) in [5, 5.41) is 20.6. The van der Waals surface area contributed by atoms with E-state index in [-0.39, 0.29) is 6.61 Å². The van der Waals surface area contributed by atoms with Crippen molar-refractivity contribution in [3.8, 4) is 0 Å². The summed E-state index contributed by atoms with van der Waals surface area (Å²) in [5.74, 6) is -3.19. The smallest absolute Gasteiger partial charge is 0.0819 e. The van der Waals surface area contributed by atoms with Gasteiger partial charge in [-0.15, -0.1) is 6.58 Å². The highest BCUT2D eigenvalue weighted by Crippen LogP contribution is 2.05. The Balaban J connectivity index is 4.57. The van der Waals surface area contributed by atoms with Gasteiger partial charge in [0.2, 0.25) is 0 Å². The molecule has 0 aromatic carbocycles. The Kier molecular flexibility index (Phi) is 5.24. The number of rotatable bonds is 6. The third kappa shape index (κ3) is 4.42. The Morgan fingerprint density at radius 1 is 1.50 bits per heavy atom. The average Bonchev–Trinajstić information content (AvgIpc) is 2.09. The Morgan fingerprint density at radius 3 is 2.43 bits per heavy atom. The summed E-state index contributed by atoms with van der Waals surface area (Å²) in [7, 11) is 0. The van der Waals surface area contributed by atoms with Gasteiger partial charge in [-0.3, -0.25) is 0 Å². The summed E-state index contributed by atoms with van der Waals surface area (Å²) in [6.45, 7) is 4.88. The van der Waals surface area contributed by atoms with Gasteiger partial charge in [-0.1, -0.05) is 6.08 Å². The maximum atomic E-state index is 10.5. The van der Waals surface area contributed by atoms with E-state index >= 15 is 0 Å². The molecule has 0 aromatic heterocycles. The first kappa shape index (κ1) is 12.4. The van der Waals surface area contributed by atoms with Crippen LogP contribution in [0.1, 0.15) is 6.92 Å². The minimum absolute atomic E-state index is 0.124. The predicted octanol–water partition coefficient (Wildman–Crippen LogP) is -2.00. The number of hydrogen-bond acceptors (Lipinski definition) is 5. The number of aliphatic carboxylic acids is 2. The van der Waals surface area contributed by atoms with Crippen molar-refractivity contribution in [2.45, 2.75) is 13.0 Å². The second-order valence-corrected chi connectivity index (χ2v) is 2.47. The molecule has 1 atom stereocenters. The van der Waals surface area contributed by atoms with Crippen LogP contribution < -0.4 is 10.2 Å². The quantitative estimate of drug-likeness (QED) is 0.364. The van der Waals surface area contributed by atoms with Crippen molar-refractivity contribution >= 4 is 11.9 Å². The fourth-order valence-corrected chi connectivity index (χ4v) is 0.771. The SMILES string of the molecule is C=CCOC(C)/C(=C/C(=O)[O-])C(=O)[O-]. The summed E-state index contributed by atoms with van der Waals surface area (Å²) in [6, 6.07) is 0. The fourth-order valence-electron chi connectivity index (χ4n) is 0.771. The van der Waals surface area contributed by atoms with Gasteiger partial charge in [-0.2, -0.15) is 0 Å². The van der Waals surface area contributed by atoms with Crippen LogP contribution in [0.5, 0.6) is 0 Å². The van der Waals surface area contributed by atoms with Crippen molar-refractivity contribution in [1.82, 2.24) is 0 Å². The summed E-state index contributed by atoms with van der Waals surface area (Å²) >= 11 is 0. The largest absolute Gasteiger partial charge is 0.545 e. The third-order valence-electron chi connectivity index (χ3n) is 1.41. The van der Waals surface area contributed by atoms with E-state index in [0.717, 1.165) is 0 Å². The number of ether oxygens (including phenoxy) is 1. The van der Waals surface area contributed by atoms with Crippen molar-refractivity contribution in [2.75, 3.05) is 6.61 Å². The molecule has 0 saturated carbocycles. The highest BCUT2D eigenvalue weighted by molar-refractivity contribution is 5.93. The van der Waals surface area contributed by atoms with Crippen molar-refractivity contribution in [1.29, 1.82) is 0 Å². The normalized spacial score (nSPS) is 13.4. The minimum atomic E-state index is -1.60. The fraction of sp³-hybridized carbons (Fsp3) is 0.333. The predicted molar refractivity (Wildman–Crippen MR) is 43.7 cm³/mol. The lowest BCUT2D eigenvalue weighted by molar-refractivity contribution is -0.303. The van der Waals surface area contributed by atoms with Gasteiger partial charge in [0.1, 0.15) is 0 Å². The second kappa shape index (κ2) is 5.93. The molecule has 0 saturated heterocycles. The molecule has 0 rings (SSSR count). The molecule has 0 heterocycles. The highest BCUT2D eigenvalue weighted by Gasteiger charge is 2.09. The Morgan fingerprint density at radius 2 is 2.07 bits per heavy atom. The molecule has 1 unspecified atom stereocenters. The van der Waals surface area contributed by atoms with E-state index in [4.69, 9.17) is 4.74 Å². The Labute approximate surface area is 81.3 Å². The Hall–Kier alpha value is -1.62. The number of carboxylic acids is 2. The molecule has 0 bridgehead atoms. The zero-order chi connectivity index (χ0) is 11.1. The van der Waals surface area contributed by atoms with Gasteiger partial charge in [-0.05, 0) is 13.0 Å². The van der Waals surface area contributed by atoms with Crippen LogP contribution in [0.15, 0.2) is 24.3 Å². The zero-order valence-corrected chi connectivity index (χ0v) is 7.69. The number of hydrogen-bond donors (Lipinski definition) is 0. The second-order valence-electron chi connectivity index (χ2n) is 2.47. The van der Waals surface area contributed by atoms with Gasteiger partial charge < -0.3 is 24.5 Å². The molecule has 0 aliphatic rings. The molecular formula is C9H10O5-2. The van der Waals surface area contributed by atoms with Crippen LogP contribution in [0, 0.1) is 0 Å². The van der Waals surface area contributed by atoms with Crippen molar-refractivity contribution in [2.24, 2.45) is 0 Å². The molecule has 0 amide bonds. The van der Waals surface area contributed by atoms with E-state index in [0.29, 0.717) is 6.08 Å². The summed E-state index contributed by atoms with van der Waals surface area (Å²) in [4.78, 5) is 20.6. The zero-order valence-electron chi connectivity index (χ0n) is 7.69. The summed E-state index contributed by atoms with van der Waals surface area (Å²) < 4.78 is 4.92. The van der Waals surface area contributed by atoms with Crippen molar-refractivity contribution in [3.63, 3.8) is 0 Å². The molecule has 0 aliphatic carbocycles. The molecule has 0 aliphatic heterocycles. The first-order valence-corrected chi connectivity index (χ1v) is 3.85. The van der Waals surface area contributed by atoms with Gasteiger partial charge in [0.25, 0.3) is 0 Å². The van der Waals surface area contributed by atoms with Gasteiger partial charge in [0.05, 0.1) is 24.6 Å². The number of carbonyl (C=O) groups is 2. The van der Waals surface area contributed by atoms with Gasteiger partial charge in [0.15, 0.2) is 0 Å². The van der Waals surface area contributed by atoms with Gasteiger partial charge >= 0.3 is 0 Å². The van der Waals surface area contributed by atoms with Crippen LogP contribution in [0.2, 0.25) is 0 Å². The molecule has 78 valence electrons. The van der Waals surface area contributed by atoms with E-state index in [1.807, 2.05) is 0 Å². The average molecular weight is 198 g/mol. The maximum absolute atomic E-state index is 10.5. The van der Waals surface area contributed by atoms with Gasteiger partial charge in [-0.25, -0.2) is 0 Å². The molecule has 5 heteroatoms. The van der Waals surface area contributed by atoms with E-state index in [1.54, 1.807) is 0 Å². The van der Waals surface area contributed by atoms with Crippen LogP contribution in [-0.2, 0) is 14.3 Å². The first-order valence-electron chi connectivity index (χ1n) is 3.85. The van der Waals surface area contributed by atoms with Crippen molar-refractivity contribution in [3.05, 3.63) is 24.3 Å². The summed E-state index contributed by atoms with van der Waals surface area (Å²) in [5.41, 5.74) is -0.466. The van der Waals surface area contributed by atoms with Crippen LogP contribution in [0.25, 0.3) is 0 Å². The monoisotopic (exact) mass is 198 g/mol. The lowest BCUT2D eigenvalue weighted by Crippen LogP contribution is -2.33. The lowest BCUT2D eigenvalue weighted by atomic mass is 10.1. The molecular weight excluding hydrogens is 188 g/mol. The van der Waals surface area contributed by atoms with Crippen LogP contribution in [0.3, 0.4) is 0 Å². The van der Waals surface area contributed by atoms with E-state index in [2.05, 4.69) is 6.58 Å². The standard InChI is InChI=1S/C9H12O5/c1-3-4-14-6(2)7(9(12)13)5-8(10)11/h3,5-6H,1,4H2,2H3,(H,10,11)(H,12,13)/p-2/b7-5-. The lowest BCUT2D eigenvalue weighted by Gasteiger charge is -2.17.